The summed E-state index contributed by atoms with van der Waals surface area (Å²) in [6, 6.07) is 18.6. The number of hydrogen-bond acceptors (Lipinski definition) is 4. The number of rotatable bonds is 7. The molecule has 3 heterocycles. The minimum atomic E-state index is -0.268. The van der Waals surface area contributed by atoms with Crippen molar-refractivity contribution < 1.29 is 13.9 Å². The highest BCUT2D eigenvalue weighted by molar-refractivity contribution is 5.79. The van der Waals surface area contributed by atoms with Crippen molar-refractivity contribution in [3.63, 3.8) is 0 Å². The van der Waals surface area contributed by atoms with E-state index in [0.29, 0.717) is 13.2 Å². The lowest BCUT2D eigenvalue weighted by Gasteiger charge is -2.18. The summed E-state index contributed by atoms with van der Waals surface area (Å²) in [6.07, 6.45) is 5.37. The maximum Gasteiger partial charge on any atom is 0.123 e. The number of fused-ring (bicyclic) bond motifs is 1. The first-order valence-corrected chi connectivity index (χ1v) is 10.7. The van der Waals surface area contributed by atoms with Crippen molar-refractivity contribution in [2.45, 2.75) is 25.5 Å². The van der Waals surface area contributed by atoms with Crippen molar-refractivity contribution in [3.8, 4) is 28.3 Å². The van der Waals surface area contributed by atoms with Crippen LogP contribution in [0.2, 0.25) is 0 Å². The van der Waals surface area contributed by atoms with Crippen LogP contribution in [-0.2, 0) is 17.8 Å². The number of halogens is 1. The van der Waals surface area contributed by atoms with Gasteiger partial charge in [-0.05, 0) is 48.4 Å². The van der Waals surface area contributed by atoms with Crippen LogP contribution in [0.4, 0.5) is 4.39 Å². The van der Waals surface area contributed by atoms with Crippen LogP contribution in [0.1, 0.15) is 23.9 Å². The first-order chi connectivity index (χ1) is 15.7. The Morgan fingerprint density at radius 1 is 1.03 bits per heavy atom. The molecule has 162 valence electrons. The summed E-state index contributed by atoms with van der Waals surface area (Å²) in [4.78, 5) is 9.08. The summed E-state index contributed by atoms with van der Waals surface area (Å²) in [5.41, 5.74) is 4.68. The molecular weight excluding hydrogens is 405 g/mol. The molecule has 0 N–H and O–H groups in total. The van der Waals surface area contributed by atoms with Gasteiger partial charge in [0.15, 0.2) is 0 Å². The summed E-state index contributed by atoms with van der Waals surface area (Å²) < 4.78 is 27.6. The van der Waals surface area contributed by atoms with Crippen molar-refractivity contribution in [1.82, 2.24) is 14.5 Å². The van der Waals surface area contributed by atoms with Crippen molar-refractivity contribution >= 4 is 0 Å². The molecule has 0 saturated carbocycles. The summed E-state index contributed by atoms with van der Waals surface area (Å²) in [7, 11) is 1.66. The Kier molecular flexibility index (Phi) is 5.69. The predicted molar refractivity (Wildman–Crippen MR) is 121 cm³/mol. The van der Waals surface area contributed by atoms with Gasteiger partial charge in [0.1, 0.15) is 17.4 Å². The normalized spacial score (nSPS) is 15.0. The number of pyridine rings is 1. The van der Waals surface area contributed by atoms with E-state index in [1.54, 1.807) is 25.6 Å². The van der Waals surface area contributed by atoms with Crippen LogP contribution < -0.4 is 4.74 Å². The zero-order valence-corrected chi connectivity index (χ0v) is 17.9. The first-order valence-electron chi connectivity index (χ1n) is 10.7. The molecule has 0 aliphatic carbocycles. The Labute approximate surface area is 186 Å². The molecule has 1 aliphatic rings. The SMILES string of the molecule is COc1ccc(COCC2CCc3nc(-c4cccc(F)c4)c(-c4ccncc4)n32)cc1. The van der Waals surface area contributed by atoms with E-state index >= 15 is 0 Å². The van der Waals surface area contributed by atoms with Crippen molar-refractivity contribution in [2.75, 3.05) is 13.7 Å². The van der Waals surface area contributed by atoms with Crippen LogP contribution in [0.15, 0.2) is 73.1 Å². The highest BCUT2D eigenvalue weighted by Crippen LogP contribution is 2.39. The lowest BCUT2D eigenvalue weighted by atomic mass is 10.0. The molecule has 0 amide bonds. The highest BCUT2D eigenvalue weighted by atomic mass is 19.1. The average Bonchev–Trinajstić information content (AvgIpc) is 3.40. The molecule has 1 atom stereocenters. The largest absolute Gasteiger partial charge is 0.497 e. The zero-order valence-electron chi connectivity index (χ0n) is 17.9. The van der Waals surface area contributed by atoms with Gasteiger partial charge in [0.05, 0.1) is 37.8 Å². The van der Waals surface area contributed by atoms with Gasteiger partial charge in [-0.25, -0.2) is 9.37 Å². The first kappa shape index (κ1) is 20.4. The second-order valence-electron chi connectivity index (χ2n) is 7.90. The van der Waals surface area contributed by atoms with Gasteiger partial charge in [0.2, 0.25) is 0 Å². The van der Waals surface area contributed by atoms with Crippen molar-refractivity contribution in [1.29, 1.82) is 0 Å². The predicted octanol–water partition coefficient (Wildman–Crippen LogP) is 5.46. The van der Waals surface area contributed by atoms with Gasteiger partial charge in [-0.15, -0.1) is 0 Å². The summed E-state index contributed by atoms with van der Waals surface area (Å²) in [5, 5.41) is 0. The van der Waals surface area contributed by atoms with Crippen molar-refractivity contribution in [3.05, 3.63) is 90.3 Å². The Hall–Kier alpha value is -3.51. The fraction of sp³-hybridized carbons (Fsp3) is 0.231. The van der Waals surface area contributed by atoms with Gasteiger partial charge >= 0.3 is 0 Å². The van der Waals surface area contributed by atoms with E-state index in [-0.39, 0.29) is 11.9 Å². The molecule has 6 heteroatoms. The molecule has 5 rings (SSSR count). The van der Waals surface area contributed by atoms with Gasteiger partial charge in [-0.1, -0.05) is 24.3 Å². The van der Waals surface area contributed by atoms with Gasteiger partial charge in [-0.3, -0.25) is 4.98 Å². The zero-order chi connectivity index (χ0) is 21.9. The highest BCUT2D eigenvalue weighted by Gasteiger charge is 2.30. The number of ether oxygens (including phenoxy) is 2. The number of nitrogens with zero attached hydrogens (tertiary/aromatic N) is 3. The fourth-order valence-electron chi connectivity index (χ4n) is 4.29. The molecule has 4 aromatic rings. The number of methoxy groups -OCH3 is 1. The molecule has 0 saturated heterocycles. The van der Waals surface area contributed by atoms with Crippen LogP contribution >= 0.6 is 0 Å². The molecule has 0 bridgehead atoms. The molecule has 32 heavy (non-hydrogen) atoms. The van der Waals surface area contributed by atoms with Crippen LogP contribution in [-0.4, -0.2) is 28.3 Å². The molecule has 0 spiro atoms. The van der Waals surface area contributed by atoms with Gasteiger partial charge in [0.25, 0.3) is 0 Å². The Morgan fingerprint density at radius 3 is 2.59 bits per heavy atom. The standard InChI is InChI=1S/C26H24FN3O2/c1-31-23-8-5-18(6-9-23)16-32-17-22-7-10-24-29-25(20-3-2-4-21(27)15-20)26(30(22)24)19-11-13-28-14-12-19/h2-6,8-9,11-15,22H,7,10,16-17H2,1H3. The molecule has 0 radical (unpaired) electrons. The van der Waals surface area contributed by atoms with E-state index in [1.807, 2.05) is 42.5 Å². The lowest BCUT2D eigenvalue weighted by Crippen LogP contribution is -2.13. The minimum Gasteiger partial charge on any atom is -0.497 e. The van der Waals surface area contributed by atoms with E-state index in [9.17, 15) is 4.39 Å². The van der Waals surface area contributed by atoms with E-state index < -0.39 is 0 Å². The number of aryl methyl sites for hydroxylation is 1. The van der Waals surface area contributed by atoms with E-state index in [1.165, 1.54) is 12.1 Å². The summed E-state index contributed by atoms with van der Waals surface area (Å²) in [5.74, 6) is 1.57. The third-order valence-corrected chi connectivity index (χ3v) is 5.84. The molecule has 2 aromatic carbocycles. The average molecular weight is 429 g/mol. The van der Waals surface area contributed by atoms with Crippen LogP contribution in [0.5, 0.6) is 5.75 Å². The number of aromatic nitrogens is 3. The van der Waals surface area contributed by atoms with E-state index in [0.717, 1.165) is 52.5 Å². The number of benzene rings is 2. The smallest absolute Gasteiger partial charge is 0.123 e. The Balaban J connectivity index is 1.43. The molecule has 2 aromatic heterocycles. The molecule has 0 fully saturated rings. The Bertz CT molecular complexity index is 1210. The number of hydrogen-bond donors (Lipinski definition) is 0. The third kappa shape index (κ3) is 4.01. The van der Waals surface area contributed by atoms with Crippen LogP contribution in [0.25, 0.3) is 22.5 Å². The lowest BCUT2D eigenvalue weighted by molar-refractivity contribution is 0.0925. The van der Waals surface area contributed by atoms with E-state index in [2.05, 4.69) is 9.55 Å². The Morgan fingerprint density at radius 2 is 1.84 bits per heavy atom. The third-order valence-electron chi connectivity index (χ3n) is 5.84. The number of imidazole rings is 1. The maximum atomic E-state index is 14.0. The van der Waals surface area contributed by atoms with Crippen LogP contribution in [0, 0.1) is 5.82 Å². The van der Waals surface area contributed by atoms with Gasteiger partial charge in [0, 0.05) is 29.9 Å². The fourth-order valence-corrected chi connectivity index (χ4v) is 4.29. The second-order valence-corrected chi connectivity index (χ2v) is 7.90. The molecular formula is C26H24FN3O2. The summed E-state index contributed by atoms with van der Waals surface area (Å²) in [6.45, 7) is 1.11. The molecule has 5 nitrogen and oxygen atoms in total. The van der Waals surface area contributed by atoms with E-state index in [4.69, 9.17) is 14.5 Å². The minimum absolute atomic E-state index is 0.168. The van der Waals surface area contributed by atoms with Crippen LogP contribution in [0.3, 0.4) is 0 Å². The molecule has 1 unspecified atom stereocenters. The molecule has 1 aliphatic heterocycles. The monoisotopic (exact) mass is 429 g/mol. The maximum absolute atomic E-state index is 14.0. The van der Waals surface area contributed by atoms with Gasteiger partial charge in [-0.2, -0.15) is 0 Å². The second kappa shape index (κ2) is 8.93. The quantitative estimate of drug-likeness (QED) is 0.391. The van der Waals surface area contributed by atoms with Gasteiger partial charge < -0.3 is 14.0 Å². The summed E-state index contributed by atoms with van der Waals surface area (Å²) >= 11 is 0. The van der Waals surface area contributed by atoms with Crippen molar-refractivity contribution in [2.24, 2.45) is 0 Å². The topological polar surface area (TPSA) is 49.2 Å².